The maximum Gasteiger partial charge on any atom is 0.349 e. The summed E-state index contributed by atoms with van der Waals surface area (Å²) in [5.41, 5.74) is 1.59. The van der Waals surface area contributed by atoms with Crippen LogP contribution < -0.4 is 5.73 Å². The predicted octanol–water partition coefficient (Wildman–Crippen LogP) is 0.530. The second-order valence-corrected chi connectivity index (χ2v) is 2.46. The van der Waals surface area contributed by atoms with Gasteiger partial charge in [0.1, 0.15) is 0 Å². The Morgan fingerprint density at radius 3 is 2.75 bits per heavy atom. The minimum absolute atomic E-state index is 0.414. The first-order valence-corrected chi connectivity index (χ1v) is 3.19. The molecule has 66 valence electrons. The second kappa shape index (κ2) is 2.58. The average molecular weight is 175 g/mol. The van der Waals surface area contributed by atoms with Crippen LogP contribution in [0.3, 0.4) is 0 Å². The molecule has 0 bridgehead atoms. The van der Waals surface area contributed by atoms with Gasteiger partial charge in [0.2, 0.25) is 0 Å². The summed E-state index contributed by atoms with van der Waals surface area (Å²) in [6.45, 7) is 0. The highest BCUT2D eigenvalue weighted by atomic mass is 19.2. The van der Waals surface area contributed by atoms with E-state index < -0.39 is 23.5 Å². The lowest BCUT2D eigenvalue weighted by molar-refractivity contribution is -0.150. The lowest BCUT2D eigenvalue weighted by Crippen LogP contribution is -2.45. The smallest absolute Gasteiger partial charge is 0.349 e. The van der Waals surface area contributed by atoms with Crippen LogP contribution in [0.15, 0.2) is 23.9 Å². The molecule has 2 unspecified atom stereocenters. The monoisotopic (exact) mass is 175 g/mol. The van der Waals surface area contributed by atoms with Crippen molar-refractivity contribution in [3.8, 4) is 0 Å². The summed E-state index contributed by atoms with van der Waals surface area (Å²) < 4.78 is 26.0. The Morgan fingerprint density at radius 1 is 1.75 bits per heavy atom. The van der Waals surface area contributed by atoms with Crippen molar-refractivity contribution in [3.05, 3.63) is 23.9 Å². The number of carboxylic acids is 1. The van der Waals surface area contributed by atoms with Crippen molar-refractivity contribution in [2.75, 3.05) is 0 Å². The van der Waals surface area contributed by atoms with E-state index in [0.29, 0.717) is 6.08 Å². The highest BCUT2D eigenvalue weighted by Gasteiger charge is 2.47. The Balaban J connectivity index is 3.03. The van der Waals surface area contributed by atoms with E-state index in [0.717, 1.165) is 12.2 Å². The molecule has 0 spiro atoms. The zero-order valence-electron chi connectivity index (χ0n) is 6.00. The Bertz CT molecular complexity index is 275. The first-order valence-electron chi connectivity index (χ1n) is 3.19. The Hall–Kier alpha value is -1.39. The van der Waals surface area contributed by atoms with Gasteiger partial charge >= 0.3 is 5.97 Å². The van der Waals surface area contributed by atoms with Crippen molar-refractivity contribution in [2.45, 2.75) is 11.8 Å². The van der Waals surface area contributed by atoms with E-state index in [2.05, 4.69) is 0 Å². The first kappa shape index (κ1) is 8.70. The predicted molar refractivity (Wildman–Crippen MR) is 37.8 cm³/mol. The molecule has 0 fully saturated rings. The van der Waals surface area contributed by atoms with Crippen molar-refractivity contribution >= 4 is 5.97 Å². The standard InChI is InChI=1S/C7H7F2NO2/c8-5-4(10)2-1-3-7(5,9)6(11)12/h1-3,5H,10H2,(H,11,12). The summed E-state index contributed by atoms with van der Waals surface area (Å²) >= 11 is 0. The molecule has 0 aromatic heterocycles. The number of halogens is 2. The zero-order valence-corrected chi connectivity index (χ0v) is 6.00. The van der Waals surface area contributed by atoms with Crippen LogP contribution in [0.5, 0.6) is 0 Å². The van der Waals surface area contributed by atoms with Gasteiger partial charge in [0.25, 0.3) is 5.67 Å². The van der Waals surface area contributed by atoms with E-state index in [4.69, 9.17) is 10.8 Å². The van der Waals surface area contributed by atoms with E-state index in [1.165, 1.54) is 0 Å². The summed E-state index contributed by atoms with van der Waals surface area (Å²) in [5.74, 6) is -1.87. The van der Waals surface area contributed by atoms with Gasteiger partial charge in [0.15, 0.2) is 6.17 Å². The van der Waals surface area contributed by atoms with Gasteiger partial charge in [-0.05, 0) is 12.2 Å². The number of hydrogen-bond acceptors (Lipinski definition) is 2. The van der Waals surface area contributed by atoms with Crippen molar-refractivity contribution in [1.82, 2.24) is 0 Å². The summed E-state index contributed by atoms with van der Waals surface area (Å²) in [6, 6.07) is 0. The molecule has 5 heteroatoms. The lowest BCUT2D eigenvalue weighted by atomic mass is 9.93. The largest absolute Gasteiger partial charge is 0.479 e. The number of hydrogen-bond donors (Lipinski definition) is 2. The molecule has 3 N–H and O–H groups in total. The molecule has 0 aromatic carbocycles. The SMILES string of the molecule is NC1=CC=CC(F)(C(=O)O)C1F. The van der Waals surface area contributed by atoms with Crippen LogP contribution in [0.4, 0.5) is 8.78 Å². The summed E-state index contributed by atoms with van der Waals surface area (Å²) in [6.07, 6.45) is 0.543. The van der Waals surface area contributed by atoms with Crippen LogP contribution in [-0.2, 0) is 4.79 Å². The lowest BCUT2D eigenvalue weighted by Gasteiger charge is -2.23. The Morgan fingerprint density at radius 2 is 2.33 bits per heavy atom. The van der Waals surface area contributed by atoms with E-state index in [1.54, 1.807) is 0 Å². The molecule has 12 heavy (non-hydrogen) atoms. The van der Waals surface area contributed by atoms with Crippen molar-refractivity contribution in [1.29, 1.82) is 0 Å². The van der Waals surface area contributed by atoms with Crippen LogP contribution in [0.25, 0.3) is 0 Å². The number of rotatable bonds is 1. The third kappa shape index (κ3) is 1.07. The van der Waals surface area contributed by atoms with E-state index in [-0.39, 0.29) is 0 Å². The molecule has 0 saturated carbocycles. The van der Waals surface area contributed by atoms with Gasteiger partial charge in [0, 0.05) is 5.70 Å². The molecule has 2 atom stereocenters. The molecule has 3 nitrogen and oxygen atoms in total. The maximum absolute atomic E-state index is 13.2. The molecule has 1 aliphatic carbocycles. The normalized spacial score (nSPS) is 34.5. The van der Waals surface area contributed by atoms with Gasteiger partial charge in [-0.15, -0.1) is 0 Å². The zero-order chi connectivity index (χ0) is 9.35. The Labute approximate surface area is 67.2 Å². The van der Waals surface area contributed by atoms with E-state index in [9.17, 15) is 13.6 Å². The van der Waals surface area contributed by atoms with Gasteiger partial charge in [-0.3, -0.25) is 0 Å². The highest BCUT2D eigenvalue weighted by Crippen LogP contribution is 2.28. The number of carboxylic acid groups (broad SMARTS) is 1. The van der Waals surface area contributed by atoms with Crippen molar-refractivity contribution in [3.63, 3.8) is 0 Å². The minimum atomic E-state index is -3.02. The van der Waals surface area contributed by atoms with Gasteiger partial charge in [0.05, 0.1) is 0 Å². The Kier molecular flexibility index (Phi) is 1.87. The van der Waals surface area contributed by atoms with Crippen LogP contribution in [0.1, 0.15) is 0 Å². The number of carbonyl (C=O) groups is 1. The first-order chi connectivity index (χ1) is 5.48. The quantitative estimate of drug-likeness (QED) is 0.611. The van der Waals surface area contributed by atoms with E-state index in [1.807, 2.05) is 0 Å². The molecule has 0 aromatic rings. The summed E-state index contributed by atoms with van der Waals surface area (Å²) in [7, 11) is 0. The minimum Gasteiger partial charge on any atom is -0.479 e. The molecule has 0 radical (unpaired) electrons. The van der Waals surface area contributed by atoms with Crippen LogP contribution in [-0.4, -0.2) is 22.9 Å². The van der Waals surface area contributed by atoms with Crippen LogP contribution >= 0.6 is 0 Å². The van der Waals surface area contributed by atoms with Crippen molar-refractivity contribution in [2.24, 2.45) is 5.73 Å². The number of nitrogens with two attached hydrogens (primary N) is 1. The molecule has 1 rings (SSSR count). The summed E-state index contributed by atoms with van der Waals surface area (Å²) in [5, 5.41) is 8.34. The fourth-order valence-electron chi connectivity index (χ4n) is 0.890. The highest BCUT2D eigenvalue weighted by molar-refractivity contribution is 5.82. The topological polar surface area (TPSA) is 63.3 Å². The molecular weight excluding hydrogens is 168 g/mol. The molecule has 0 aliphatic heterocycles. The second-order valence-electron chi connectivity index (χ2n) is 2.46. The maximum atomic E-state index is 13.2. The molecule has 0 amide bonds. The molecule has 0 saturated heterocycles. The van der Waals surface area contributed by atoms with Gasteiger partial charge in [-0.2, -0.15) is 0 Å². The number of alkyl halides is 2. The van der Waals surface area contributed by atoms with Gasteiger partial charge < -0.3 is 10.8 Å². The molecular formula is C7H7F2NO2. The van der Waals surface area contributed by atoms with Gasteiger partial charge in [-0.1, -0.05) is 6.08 Å². The average Bonchev–Trinajstić information content (AvgIpc) is 2.00. The van der Waals surface area contributed by atoms with Crippen LogP contribution in [0.2, 0.25) is 0 Å². The number of allylic oxidation sites excluding steroid dienone is 3. The third-order valence-corrected chi connectivity index (χ3v) is 1.62. The molecule has 1 aliphatic rings. The molecule has 0 heterocycles. The van der Waals surface area contributed by atoms with Crippen LogP contribution in [0, 0.1) is 0 Å². The fraction of sp³-hybridized carbons (Fsp3) is 0.286. The van der Waals surface area contributed by atoms with E-state index >= 15 is 0 Å². The van der Waals surface area contributed by atoms with Crippen molar-refractivity contribution < 1.29 is 18.7 Å². The summed E-state index contributed by atoms with van der Waals surface area (Å²) in [4.78, 5) is 10.3. The fourth-order valence-corrected chi connectivity index (χ4v) is 0.890. The third-order valence-electron chi connectivity index (χ3n) is 1.62. The van der Waals surface area contributed by atoms with Gasteiger partial charge in [-0.25, -0.2) is 13.6 Å². The number of aliphatic carboxylic acids is 1.